The van der Waals surface area contributed by atoms with Gasteiger partial charge in [-0.3, -0.25) is 14.2 Å². The first-order chi connectivity index (χ1) is 16.1. The zero-order chi connectivity index (χ0) is 22.8. The van der Waals surface area contributed by atoms with Crippen molar-refractivity contribution in [3.63, 3.8) is 0 Å². The first-order valence-corrected chi connectivity index (χ1v) is 11.8. The summed E-state index contributed by atoms with van der Waals surface area (Å²) in [5, 5.41) is 8.14. The van der Waals surface area contributed by atoms with Gasteiger partial charge in [0.2, 0.25) is 5.91 Å². The van der Waals surface area contributed by atoms with Crippen molar-refractivity contribution in [3.8, 4) is 5.69 Å². The van der Waals surface area contributed by atoms with E-state index in [1.165, 1.54) is 41.7 Å². The fraction of sp³-hybridized carbons (Fsp3) is 0.250. The fourth-order valence-corrected chi connectivity index (χ4v) is 5.00. The minimum absolute atomic E-state index is 0.0574. The van der Waals surface area contributed by atoms with Gasteiger partial charge in [-0.25, -0.2) is 14.1 Å². The normalized spacial score (nSPS) is 14.1. The standard InChI is InChI=1S/C24H22FN5O2S/c25-16-9-11-17(12-10-16)29-23(32)19-7-3-4-8-20(19)27-24(29)33-15-22(31)28-21-13-14-26-30(21)18-5-1-2-6-18/h3-4,7-14,18H,1-2,5-6,15H2,(H,28,31). The van der Waals surface area contributed by atoms with Gasteiger partial charge in [-0.15, -0.1) is 0 Å². The Morgan fingerprint density at radius 1 is 1.09 bits per heavy atom. The van der Waals surface area contributed by atoms with Gasteiger partial charge in [0.05, 0.1) is 34.6 Å². The van der Waals surface area contributed by atoms with Crippen LogP contribution in [-0.4, -0.2) is 31.0 Å². The predicted octanol–water partition coefficient (Wildman–Crippen LogP) is 4.57. The van der Waals surface area contributed by atoms with Gasteiger partial charge in [-0.1, -0.05) is 36.7 Å². The summed E-state index contributed by atoms with van der Waals surface area (Å²) in [5.74, 6) is 0.123. The Labute approximate surface area is 193 Å². The van der Waals surface area contributed by atoms with Crippen LogP contribution in [0, 0.1) is 5.82 Å². The molecule has 33 heavy (non-hydrogen) atoms. The molecule has 0 unspecified atom stereocenters. The first kappa shape index (κ1) is 21.4. The third kappa shape index (κ3) is 4.41. The van der Waals surface area contributed by atoms with Crippen LogP contribution in [0.25, 0.3) is 16.6 Å². The molecule has 1 aliphatic carbocycles. The molecule has 1 amide bonds. The maximum Gasteiger partial charge on any atom is 0.266 e. The number of nitrogens with one attached hydrogen (secondary N) is 1. The number of hydrogen-bond donors (Lipinski definition) is 1. The molecule has 2 aromatic carbocycles. The quantitative estimate of drug-likeness (QED) is 0.335. The van der Waals surface area contributed by atoms with Gasteiger partial charge in [0.1, 0.15) is 11.6 Å². The lowest BCUT2D eigenvalue weighted by molar-refractivity contribution is -0.113. The number of thioether (sulfide) groups is 1. The van der Waals surface area contributed by atoms with Crippen LogP contribution in [-0.2, 0) is 4.79 Å². The highest BCUT2D eigenvalue weighted by Crippen LogP contribution is 2.31. The lowest BCUT2D eigenvalue weighted by Crippen LogP contribution is -2.23. The zero-order valence-corrected chi connectivity index (χ0v) is 18.6. The van der Waals surface area contributed by atoms with E-state index in [0.29, 0.717) is 33.6 Å². The van der Waals surface area contributed by atoms with Crippen LogP contribution < -0.4 is 10.9 Å². The maximum atomic E-state index is 13.5. The summed E-state index contributed by atoms with van der Waals surface area (Å²) in [6, 6.07) is 14.8. The Morgan fingerprint density at radius 3 is 2.64 bits per heavy atom. The molecular formula is C24H22FN5O2S. The predicted molar refractivity (Wildman–Crippen MR) is 126 cm³/mol. The molecule has 1 aliphatic rings. The molecule has 7 nitrogen and oxygen atoms in total. The molecule has 0 aliphatic heterocycles. The van der Waals surface area contributed by atoms with Crippen LogP contribution in [0.15, 0.2) is 70.7 Å². The average Bonchev–Trinajstić information content (AvgIpc) is 3.51. The van der Waals surface area contributed by atoms with Gasteiger partial charge >= 0.3 is 0 Å². The van der Waals surface area contributed by atoms with E-state index in [4.69, 9.17) is 0 Å². The minimum Gasteiger partial charge on any atom is -0.310 e. The maximum absolute atomic E-state index is 13.5. The monoisotopic (exact) mass is 463 g/mol. The van der Waals surface area contributed by atoms with Crippen molar-refractivity contribution < 1.29 is 9.18 Å². The van der Waals surface area contributed by atoms with Crippen LogP contribution in [0.4, 0.5) is 10.2 Å². The topological polar surface area (TPSA) is 81.8 Å². The summed E-state index contributed by atoms with van der Waals surface area (Å²) >= 11 is 1.16. The third-order valence-corrected chi connectivity index (χ3v) is 6.71. The molecule has 2 aromatic heterocycles. The third-order valence-electron chi connectivity index (χ3n) is 5.77. The zero-order valence-electron chi connectivity index (χ0n) is 17.8. The van der Waals surface area contributed by atoms with Crippen LogP contribution in [0.5, 0.6) is 0 Å². The van der Waals surface area contributed by atoms with Crippen molar-refractivity contribution in [1.29, 1.82) is 0 Å². The van der Waals surface area contributed by atoms with Crippen LogP contribution in [0.2, 0.25) is 0 Å². The first-order valence-electron chi connectivity index (χ1n) is 10.8. The molecule has 2 heterocycles. The van der Waals surface area contributed by atoms with Crippen molar-refractivity contribution in [2.24, 2.45) is 0 Å². The second-order valence-electron chi connectivity index (χ2n) is 7.96. The smallest absolute Gasteiger partial charge is 0.266 e. The van der Waals surface area contributed by atoms with E-state index >= 15 is 0 Å². The Morgan fingerprint density at radius 2 is 1.85 bits per heavy atom. The number of rotatable bonds is 6. The van der Waals surface area contributed by atoms with Gasteiger partial charge in [-0.05, 0) is 49.2 Å². The number of aromatic nitrogens is 4. The summed E-state index contributed by atoms with van der Waals surface area (Å²) in [7, 11) is 0. The summed E-state index contributed by atoms with van der Waals surface area (Å²) < 4.78 is 16.8. The second-order valence-corrected chi connectivity index (χ2v) is 8.91. The molecule has 0 bridgehead atoms. The molecule has 0 saturated heterocycles. The lowest BCUT2D eigenvalue weighted by Gasteiger charge is -2.15. The van der Waals surface area contributed by atoms with Gasteiger partial charge < -0.3 is 5.32 Å². The number of halogens is 1. The number of fused-ring (bicyclic) bond motifs is 1. The average molecular weight is 464 g/mol. The largest absolute Gasteiger partial charge is 0.310 e. The number of carbonyl (C=O) groups is 1. The Balaban J connectivity index is 1.41. The Kier molecular flexibility index (Phi) is 5.95. The van der Waals surface area contributed by atoms with Crippen molar-refractivity contribution in [2.75, 3.05) is 11.1 Å². The van der Waals surface area contributed by atoms with E-state index in [1.54, 1.807) is 30.5 Å². The molecule has 9 heteroatoms. The van der Waals surface area contributed by atoms with Gasteiger partial charge in [0.15, 0.2) is 5.16 Å². The SMILES string of the molecule is O=C(CSc1nc2ccccc2c(=O)n1-c1ccc(F)cc1)Nc1ccnn1C1CCCC1. The number of hydrogen-bond acceptors (Lipinski definition) is 5. The molecule has 0 atom stereocenters. The number of anilines is 1. The van der Waals surface area contributed by atoms with Gasteiger partial charge in [0.25, 0.3) is 5.56 Å². The molecule has 5 rings (SSSR count). The minimum atomic E-state index is -0.395. The van der Waals surface area contributed by atoms with Crippen molar-refractivity contribution in [3.05, 3.63) is 77.0 Å². The van der Waals surface area contributed by atoms with Gasteiger partial charge in [0, 0.05) is 6.07 Å². The highest BCUT2D eigenvalue weighted by molar-refractivity contribution is 7.99. The summed E-state index contributed by atoms with van der Waals surface area (Å²) in [5.41, 5.74) is 0.763. The Bertz CT molecular complexity index is 1360. The Hall–Kier alpha value is -3.46. The number of carbonyl (C=O) groups excluding carboxylic acids is 1. The van der Waals surface area contributed by atoms with Crippen LogP contribution >= 0.6 is 11.8 Å². The molecule has 168 valence electrons. The summed E-state index contributed by atoms with van der Waals surface area (Å²) in [6.07, 6.45) is 6.15. The number of benzene rings is 2. The molecule has 1 fully saturated rings. The van der Waals surface area contributed by atoms with E-state index in [1.807, 2.05) is 10.7 Å². The molecule has 4 aromatic rings. The van der Waals surface area contributed by atoms with Crippen LogP contribution in [0.3, 0.4) is 0 Å². The van der Waals surface area contributed by atoms with Crippen molar-refractivity contribution >= 4 is 34.4 Å². The van der Waals surface area contributed by atoms with E-state index in [0.717, 1.165) is 24.6 Å². The molecule has 0 radical (unpaired) electrons. The van der Waals surface area contributed by atoms with E-state index in [9.17, 15) is 14.0 Å². The number of amides is 1. The summed E-state index contributed by atoms with van der Waals surface area (Å²) in [6.45, 7) is 0. The van der Waals surface area contributed by atoms with E-state index < -0.39 is 5.82 Å². The summed E-state index contributed by atoms with van der Waals surface area (Å²) in [4.78, 5) is 30.6. The molecular weight excluding hydrogens is 441 g/mol. The fourth-order valence-electron chi connectivity index (χ4n) is 4.19. The molecule has 0 spiro atoms. The highest BCUT2D eigenvalue weighted by Gasteiger charge is 2.21. The second kappa shape index (κ2) is 9.19. The van der Waals surface area contributed by atoms with Crippen LogP contribution in [0.1, 0.15) is 31.7 Å². The number of para-hydroxylation sites is 1. The van der Waals surface area contributed by atoms with Crippen molar-refractivity contribution in [2.45, 2.75) is 36.9 Å². The van der Waals surface area contributed by atoms with Crippen molar-refractivity contribution in [1.82, 2.24) is 19.3 Å². The van der Waals surface area contributed by atoms with Gasteiger partial charge in [-0.2, -0.15) is 5.10 Å². The number of nitrogens with zero attached hydrogens (tertiary/aromatic N) is 4. The highest BCUT2D eigenvalue weighted by atomic mass is 32.2. The molecule has 1 N–H and O–H groups in total. The lowest BCUT2D eigenvalue weighted by atomic mass is 10.2. The molecule has 1 saturated carbocycles. The van der Waals surface area contributed by atoms with E-state index in [-0.39, 0.29) is 17.2 Å². The van der Waals surface area contributed by atoms with E-state index in [2.05, 4.69) is 15.4 Å².